The quantitative estimate of drug-likeness (QED) is 0.814. The van der Waals surface area contributed by atoms with Crippen LogP contribution >= 0.6 is 0 Å². The van der Waals surface area contributed by atoms with E-state index < -0.39 is 22.4 Å². The number of hydrogen-bond donors (Lipinski definition) is 1. The molecule has 0 saturated carbocycles. The minimum Gasteiger partial charge on any atom is -0.481 e. The molecule has 0 aromatic heterocycles. The van der Waals surface area contributed by atoms with Crippen molar-refractivity contribution in [2.24, 2.45) is 0 Å². The lowest BCUT2D eigenvalue weighted by Gasteiger charge is -2.27. The van der Waals surface area contributed by atoms with Crippen molar-refractivity contribution in [1.82, 2.24) is 4.90 Å². The topological polar surface area (TPSA) is 101 Å². The van der Waals surface area contributed by atoms with Crippen LogP contribution in [0.3, 0.4) is 0 Å². The zero-order chi connectivity index (χ0) is 18.8. The second-order valence-corrected chi connectivity index (χ2v) is 8.50. The molecular weight excluding hydrogens is 346 g/mol. The highest BCUT2D eigenvalue weighted by atomic mass is 32.2. The van der Waals surface area contributed by atoms with E-state index in [0.29, 0.717) is 35.4 Å². The predicted molar refractivity (Wildman–Crippen MR) is 92.8 cm³/mol. The molecule has 1 unspecified atom stereocenters. The molecule has 1 aromatic carbocycles. The minimum atomic E-state index is -3.07. The minimum absolute atomic E-state index is 0.00432. The van der Waals surface area contributed by atoms with Crippen molar-refractivity contribution in [3.8, 4) is 5.75 Å². The third kappa shape index (κ3) is 4.50. The fraction of sp³-hybridized carbons (Fsp3) is 0.529. The number of carboxylic acid groups (broad SMARTS) is 1. The number of ether oxygens (including phenoxy) is 1. The lowest BCUT2D eigenvalue weighted by atomic mass is 10.0. The number of carbonyl (C=O) groups is 2. The van der Waals surface area contributed by atoms with E-state index in [1.165, 1.54) is 0 Å². The lowest BCUT2D eigenvalue weighted by Crippen LogP contribution is -2.41. The van der Waals surface area contributed by atoms with Gasteiger partial charge in [0.25, 0.3) is 5.91 Å². The number of rotatable bonds is 6. The van der Waals surface area contributed by atoms with Crippen LogP contribution in [-0.4, -0.2) is 61.0 Å². The molecule has 0 radical (unpaired) electrons. The average molecular weight is 369 g/mol. The Morgan fingerprint density at radius 3 is 2.32 bits per heavy atom. The molecular formula is C17H23NO6S. The second kappa shape index (κ2) is 7.43. The normalized spacial score (nSPS) is 18.8. The largest absolute Gasteiger partial charge is 0.481 e. The molecule has 25 heavy (non-hydrogen) atoms. The van der Waals surface area contributed by atoms with E-state index in [4.69, 9.17) is 9.84 Å². The molecule has 8 heteroatoms. The summed E-state index contributed by atoms with van der Waals surface area (Å²) in [5, 5.41) is 8.73. The van der Waals surface area contributed by atoms with Gasteiger partial charge in [0.1, 0.15) is 5.75 Å². The van der Waals surface area contributed by atoms with Crippen molar-refractivity contribution >= 4 is 21.7 Å². The molecule has 1 fully saturated rings. The summed E-state index contributed by atoms with van der Waals surface area (Å²) in [5.74, 6) is -0.726. The van der Waals surface area contributed by atoms with Crippen molar-refractivity contribution < 1.29 is 27.9 Å². The SMILES string of the molecule is CCN(C(=O)c1cc(C)c(OCC(=O)O)c(C)c1)C1CCS(=O)(=O)C1. The van der Waals surface area contributed by atoms with Crippen LogP contribution in [0.15, 0.2) is 12.1 Å². The maximum atomic E-state index is 12.9. The number of amides is 1. The molecule has 2 rings (SSSR count). The first-order valence-electron chi connectivity index (χ1n) is 8.12. The number of aliphatic carboxylic acids is 1. The number of carboxylic acids is 1. The Morgan fingerprint density at radius 1 is 1.28 bits per heavy atom. The smallest absolute Gasteiger partial charge is 0.341 e. The second-order valence-electron chi connectivity index (χ2n) is 6.27. The number of aryl methyl sites for hydroxylation is 2. The Hall–Kier alpha value is -2.09. The van der Waals surface area contributed by atoms with E-state index in [-0.39, 0.29) is 23.5 Å². The van der Waals surface area contributed by atoms with Crippen LogP contribution in [0, 0.1) is 13.8 Å². The van der Waals surface area contributed by atoms with Crippen molar-refractivity contribution in [1.29, 1.82) is 0 Å². The zero-order valence-electron chi connectivity index (χ0n) is 14.6. The van der Waals surface area contributed by atoms with Crippen LogP contribution in [-0.2, 0) is 14.6 Å². The van der Waals surface area contributed by atoms with Gasteiger partial charge in [0.05, 0.1) is 11.5 Å². The molecule has 0 bridgehead atoms. The highest BCUT2D eigenvalue weighted by Crippen LogP contribution is 2.27. The fourth-order valence-electron chi connectivity index (χ4n) is 3.19. The Bertz CT molecular complexity index is 763. The van der Waals surface area contributed by atoms with Gasteiger partial charge in [-0.3, -0.25) is 4.79 Å². The van der Waals surface area contributed by atoms with Crippen LogP contribution in [0.1, 0.15) is 34.8 Å². The Balaban J connectivity index is 2.25. The van der Waals surface area contributed by atoms with Gasteiger partial charge < -0.3 is 14.7 Å². The summed E-state index contributed by atoms with van der Waals surface area (Å²) in [4.78, 5) is 25.1. The number of sulfone groups is 1. The van der Waals surface area contributed by atoms with Gasteiger partial charge >= 0.3 is 5.97 Å². The van der Waals surface area contributed by atoms with E-state index in [0.717, 1.165) is 0 Å². The monoisotopic (exact) mass is 369 g/mol. The summed E-state index contributed by atoms with van der Waals surface area (Å²) >= 11 is 0. The van der Waals surface area contributed by atoms with Crippen molar-refractivity contribution in [2.45, 2.75) is 33.2 Å². The highest BCUT2D eigenvalue weighted by molar-refractivity contribution is 7.91. The first-order valence-corrected chi connectivity index (χ1v) is 9.94. The third-order valence-corrected chi connectivity index (χ3v) is 6.05. The molecule has 1 aliphatic heterocycles. The maximum absolute atomic E-state index is 12.9. The fourth-order valence-corrected chi connectivity index (χ4v) is 4.92. The molecule has 1 N–H and O–H groups in total. The molecule has 1 amide bonds. The molecule has 0 aliphatic carbocycles. The van der Waals surface area contributed by atoms with Gasteiger partial charge in [-0.25, -0.2) is 13.2 Å². The summed E-state index contributed by atoms with van der Waals surface area (Å²) in [5.41, 5.74) is 1.78. The van der Waals surface area contributed by atoms with E-state index in [2.05, 4.69) is 0 Å². The number of hydrogen-bond acceptors (Lipinski definition) is 5. The van der Waals surface area contributed by atoms with Crippen LogP contribution < -0.4 is 4.74 Å². The molecule has 1 aliphatic rings. The van der Waals surface area contributed by atoms with Gasteiger partial charge in [0, 0.05) is 18.2 Å². The van der Waals surface area contributed by atoms with E-state index in [9.17, 15) is 18.0 Å². The van der Waals surface area contributed by atoms with Gasteiger partial charge in [-0.1, -0.05) is 0 Å². The van der Waals surface area contributed by atoms with Gasteiger partial charge in [-0.2, -0.15) is 0 Å². The van der Waals surface area contributed by atoms with Crippen molar-refractivity contribution in [2.75, 3.05) is 24.7 Å². The zero-order valence-corrected chi connectivity index (χ0v) is 15.4. The molecule has 1 saturated heterocycles. The summed E-state index contributed by atoms with van der Waals surface area (Å²) in [7, 11) is -3.07. The summed E-state index contributed by atoms with van der Waals surface area (Å²) in [6.07, 6.45) is 0.458. The van der Waals surface area contributed by atoms with Gasteiger partial charge in [-0.15, -0.1) is 0 Å². The van der Waals surface area contributed by atoms with Crippen LogP contribution in [0.5, 0.6) is 5.75 Å². The Labute approximate surface area is 147 Å². The molecule has 7 nitrogen and oxygen atoms in total. The van der Waals surface area contributed by atoms with E-state index >= 15 is 0 Å². The maximum Gasteiger partial charge on any atom is 0.341 e. The molecule has 138 valence electrons. The van der Waals surface area contributed by atoms with Crippen LogP contribution in [0.4, 0.5) is 0 Å². The number of nitrogens with zero attached hydrogens (tertiary/aromatic N) is 1. The van der Waals surface area contributed by atoms with Gasteiger partial charge in [0.15, 0.2) is 16.4 Å². The van der Waals surface area contributed by atoms with Crippen LogP contribution in [0.2, 0.25) is 0 Å². The standard InChI is InChI=1S/C17H23NO6S/c1-4-18(14-5-6-25(22,23)10-14)17(21)13-7-11(2)16(12(3)8-13)24-9-15(19)20/h7-8,14H,4-6,9-10H2,1-3H3,(H,19,20). The number of carbonyl (C=O) groups excluding carboxylic acids is 1. The summed E-state index contributed by atoms with van der Waals surface area (Å²) < 4.78 is 28.7. The summed E-state index contributed by atoms with van der Waals surface area (Å²) in [6, 6.07) is 3.00. The molecule has 1 atom stereocenters. The van der Waals surface area contributed by atoms with Gasteiger partial charge in [-0.05, 0) is 50.5 Å². The first-order chi connectivity index (χ1) is 11.6. The van der Waals surface area contributed by atoms with Gasteiger partial charge in [0.2, 0.25) is 0 Å². The lowest BCUT2D eigenvalue weighted by molar-refractivity contribution is -0.139. The number of benzene rings is 1. The van der Waals surface area contributed by atoms with E-state index in [1.807, 2.05) is 6.92 Å². The molecule has 1 aromatic rings. The average Bonchev–Trinajstić information content (AvgIpc) is 2.86. The third-order valence-electron chi connectivity index (χ3n) is 4.30. The van der Waals surface area contributed by atoms with Crippen molar-refractivity contribution in [3.63, 3.8) is 0 Å². The van der Waals surface area contributed by atoms with E-state index in [1.54, 1.807) is 30.9 Å². The van der Waals surface area contributed by atoms with Crippen LogP contribution in [0.25, 0.3) is 0 Å². The summed E-state index contributed by atoms with van der Waals surface area (Å²) in [6.45, 7) is 5.30. The van der Waals surface area contributed by atoms with Crippen molar-refractivity contribution in [3.05, 3.63) is 28.8 Å². The highest BCUT2D eigenvalue weighted by Gasteiger charge is 2.34. The molecule has 1 heterocycles. The first kappa shape index (κ1) is 19.2. The predicted octanol–water partition coefficient (Wildman–Crippen LogP) is 1.42. The Kier molecular flexibility index (Phi) is 5.72. The molecule has 0 spiro atoms. The Morgan fingerprint density at radius 2 is 1.88 bits per heavy atom.